The molecule has 0 aliphatic heterocycles. The Hall–Kier alpha value is -2.20. The topological polar surface area (TPSA) is 128 Å². The highest BCUT2D eigenvalue weighted by Gasteiger charge is 2.58. The van der Waals surface area contributed by atoms with Crippen molar-refractivity contribution in [2.45, 2.75) is 68.0 Å². The number of nitrogens with one attached hydrogen (secondary N) is 2. The van der Waals surface area contributed by atoms with Crippen molar-refractivity contribution in [1.82, 2.24) is 10.0 Å². The number of primary amides is 1. The number of carbonyl (C=O) groups is 2. The lowest BCUT2D eigenvalue weighted by molar-refractivity contribution is -0.148. The second kappa shape index (κ2) is 7.44. The molecule has 0 spiro atoms. The maximum atomic E-state index is 14.0. The largest absolute Gasteiger partial charge is 0.443 e. The Morgan fingerprint density at radius 1 is 1.16 bits per heavy atom. The molecule has 4 N–H and O–H groups in total. The maximum absolute atomic E-state index is 14.0. The molecule has 170 valence electrons. The van der Waals surface area contributed by atoms with Gasteiger partial charge in [-0.25, -0.2) is 17.6 Å². The monoisotopic (exact) mass is 453 g/mol. The number of sulfonamides is 1. The first-order valence-corrected chi connectivity index (χ1v) is 12.0. The second-order valence-electron chi connectivity index (χ2n) is 9.73. The summed E-state index contributed by atoms with van der Waals surface area (Å²) in [6.45, 7) is 2.91. The molecule has 4 bridgehead atoms. The predicted molar refractivity (Wildman–Crippen MR) is 110 cm³/mol. The van der Waals surface area contributed by atoms with Crippen molar-refractivity contribution in [2.24, 2.45) is 23.5 Å². The second-order valence-corrected chi connectivity index (χ2v) is 11.4. The van der Waals surface area contributed by atoms with Gasteiger partial charge >= 0.3 is 6.09 Å². The molecule has 4 aliphatic rings. The number of hydrogen-bond acceptors (Lipinski definition) is 5. The van der Waals surface area contributed by atoms with Crippen LogP contribution in [0.3, 0.4) is 0 Å². The van der Waals surface area contributed by atoms with Crippen molar-refractivity contribution in [3.8, 4) is 0 Å². The van der Waals surface area contributed by atoms with Crippen LogP contribution in [0, 0.1) is 23.6 Å². The lowest BCUT2D eigenvalue weighted by atomic mass is 9.52. The van der Waals surface area contributed by atoms with E-state index in [1.807, 2.05) is 0 Å². The van der Waals surface area contributed by atoms with E-state index in [-0.39, 0.29) is 17.9 Å². The number of hydrogen-bond donors (Lipinski definition) is 3. The fraction of sp³-hybridized carbons (Fsp3) is 0.619. The molecule has 5 rings (SSSR count). The van der Waals surface area contributed by atoms with Gasteiger partial charge in [0, 0.05) is 6.04 Å². The Morgan fingerprint density at radius 2 is 1.77 bits per heavy atom. The molecule has 0 radical (unpaired) electrons. The van der Waals surface area contributed by atoms with E-state index in [0.29, 0.717) is 18.8 Å². The Morgan fingerprint density at radius 3 is 2.35 bits per heavy atom. The van der Waals surface area contributed by atoms with Gasteiger partial charge in [0.2, 0.25) is 15.9 Å². The van der Waals surface area contributed by atoms with Crippen LogP contribution in [0.2, 0.25) is 0 Å². The van der Waals surface area contributed by atoms with Crippen molar-refractivity contribution in [1.29, 1.82) is 0 Å². The van der Waals surface area contributed by atoms with Gasteiger partial charge in [0.25, 0.3) is 0 Å². The maximum Gasteiger partial charge on any atom is 0.405 e. The summed E-state index contributed by atoms with van der Waals surface area (Å²) in [5.41, 5.74) is 3.24. The van der Waals surface area contributed by atoms with Crippen molar-refractivity contribution in [2.75, 3.05) is 0 Å². The highest BCUT2D eigenvalue weighted by Crippen LogP contribution is 2.57. The molecule has 0 saturated heterocycles. The van der Waals surface area contributed by atoms with Crippen molar-refractivity contribution >= 4 is 22.0 Å². The molecule has 31 heavy (non-hydrogen) atoms. The lowest BCUT2D eigenvalue weighted by Crippen LogP contribution is -2.65. The summed E-state index contributed by atoms with van der Waals surface area (Å²) in [5, 5.41) is 3.03. The predicted octanol–water partition coefficient (Wildman–Crippen LogP) is 2.04. The fourth-order valence-electron chi connectivity index (χ4n) is 5.96. The van der Waals surface area contributed by atoms with Crippen LogP contribution in [0.15, 0.2) is 29.2 Å². The van der Waals surface area contributed by atoms with E-state index >= 15 is 0 Å². The molecule has 2 amide bonds. The van der Waals surface area contributed by atoms with E-state index in [1.165, 1.54) is 26.0 Å². The fourth-order valence-corrected chi connectivity index (χ4v) is 7.41. The van der Waals surface area contributed by atoms with Gasteiger partial charge in [-0.2, -0.15) is 4.72 Å². The number of carbonyl (C=O) groups excluding carboxylic acids is 2. The summed E-state index contributed by atoms with van der Waals surface area (Å²) in [6, 6.07) is 4.89. The van der Waals surface area contributed by atoms with E-state index in [2.05, 4.69) is 10.0 Å². The van der Waals surface area contributed by atoms with Crippen molar-refractivity contribution in [3.05, 3.63) is 30.1 Å². The minimum absolute atomic E-state index is 0.133. The minimum atomic E-state index is -4.24. The summed E-state index contributed by atoms with van der Waals surface area (Å²) in [7, 11) is -4.24. The molecule has 2 unspecified atom stereocenters. The minimum Gasteiger partial charge on any atom is -0.443 e. The summed E-state index contributed by atoms with van der Waals surface area (Å²) < 4.78 is 47.1. The quantitative estimate of drug-likeness (QED) is 0.607. The van der Waals surface area contributed by atoms with Gasteiger partial charge in [-0.05, 0) is 75.8 Å². The van der Waals surface area contributed by atoms with E-state index < -0.39 is 43.9 Å². The first kappa shape index (κ1) is 22.0. The van der Waals surface area contributed by atoms with Crippen molar-refractivity contribution in [3.63, 3.8) is 0 Å². The molecule has 0 aromatic heterocycles. The van der Waals surface area contributed by atoms with Crippen LogP contribution in [0.25, 0.3) is 0 Å². The number of amides is 2. The highest BCUT2D eigenvalue weighted by molar-refractivity contribution is 7.89. The number of nitrogens with two attached hydrogens (primary N) is 1. The average molecular weight is 454 g/mol. The van der Waals surface area contributed by atoms with Crippen LogP contribution in [-0.4, -0.2) is 37.6 Å². The van der Waals surface area contributed by atoms with Crippen molar-refractivity contribution < 1.29 is 27.1 Å². The first-order chi connectivity index (χ1) is 14.4. The van der Waals surface area contributed by atoms with Crippen LogP contribution >= 0.6 is 0 Å². The van der Waals surface area contributed by atoms with Crippen LogP contribution in [0.4, 0.5) is 9.18 Å². The van der Waals surface area contributed by atoms with Crippen LogP contribution < -0.4 is 15.8 Å². The van der Waals surface area contributed by atoms with E-state index in [1.54, 1.807) is 0 Å². The molecule has 1 aromatic carbocycles. The molecule has 2 atom stereocenters. The smallest absolute Gasteiger partial charge is 0.405 e. The molecular formula is C21H28FN3O5S. The Balaban J connectivity index is 1.47. The molecular weight excluding hydrogens is 425 g/mol. The SMILES string of the molecule is CC(C)(NS(=O)(=O)c1ccccc1F)C(=O)NC1C2CC3CC1CC(OC(N)=O)(C3)C2. The van der Waals surface area contributed by atoms with Crippen LogP contribution in [-0.2, 0) is 19.6 Å². The molecule has 4 fully saturated rings. The molecule has 4 aliphatic carbocycles. The molecule has 8 nitrogen and oxygen atoms in total. The molecule has 4 saturated carbocycles. The van der Waals surface area contributed by atoms with Gasteiger partial charge < -0.3 is 15.8 Å². The van der Waals surface area contributed by atoms with Gasteiger partial charge in [0.05, 0.1) is 0 Å². The summed E-state index contributed by atoms with van der Waals surface area (Å²) in [5.74, 6) is -0.665. The van der Waals surface area contributed by atoms with Gasteiger partial charge in [-0.1, -0.05) is 12.1 Å². The van der Waals surface area contributed by atoms with Gasteiger partial charge in [0.1, 0.15) is 21.9 Å². The first-order valence-electron chi connectivity index (χ1n) is 10.5. The molecule has 10 heteroatoms. The Labute approximate surface area is 181 Å². The van der Waals surface area contributed by atoms with E-state index in [0.717, 1.165) is 31.4 Å². The van der Waals surface area contributed by atoms with Gasteiger partial charge in [-0.3, -0.25) is 4.79 Å². The number of rotatable bonds is 6. The zero-order chi connectivity index (χ0) is 22.6. The third kappa shape index (κ3) is 4.15. The molecule has 0 heterocycles. The van der Waals surface area contributed by atoms with Gasteiger partial charge in [0.15, 0.2) is 0 Å². The van der Waals surface area contributed by atoms with Gasteiger partial charge in [-0.15, -0.1) is 0 Å². The third-order valence-corrected chi connectivity index (χ3v) is 8.60. The summed E-state index contributed by atoms with van der Waals surface area (Å²) in [6.07, 6.45) is 3.15. The summed E-state index contributed by atoms with van der Waals surface area (Å²) in [4.78, 5) is 24.0. The number of ether oxygens (including phenoxy) is 1. The Kier molecular flexibility index (Phi) is 5.28. The zero-order valence-electron chi connectivity index (χ0n) is 17.6. The van der Waals surface area contributed by atoms with Crippen LogP contribution in [0.1, 0.15) is 46.0 Å². The lowest BCUT2D eigenvalue weighted by Gasteiger charge is -2.59. The Bertz CT molecular complexity index is 996. The average Bonchev–Trinajstić information content (AvgIpc) is 2.62. The van der Waals surface area contributed by atoms with E-state index in [4.69, 9.17) is 10.5 Å². The normalized spacial score (nSPS) is 32.0. The number of halogens is 1. The molecule has 1 aromatic rings. The van der Waals surface area contributed by atoms with Crippen LogP contribution in [0.5, 0.6) is 0 Å². The standard InChI is InChI=1S/C21H28FN3O5S/c1-20(2,25-31(28,29)16-6-4-3-5-15(16)22)18(26)24-17-13-7-12-8-14(17)11-21(9-12,10-13)30-19(23)27/h3-6,12-14,17,25H,7-11H2,1-2H3,(H2,23,27)(H,24,26). The summed E-state index contributed by atoms with van der Waals surface area (Å²) >= 11 is 0. The zero-order valence-corrected chi connectivity index (χ0v) is 18.4. The number of benzene rings is 1. The van der Waals surface area contributed by atoms with E-state index in [9.17, 15) is 22.4 Å². The third-order valence-electron chi connectivity index (χ3n) is 6.92. The highest BCUT2D eigenvalue weighted by atomic mass is 32.2.